The number of amides is 2. The molecular formula is C17H30F3N3O3. The summed E-state index contributed by atoms with van der Waals surface area (Å²) < 4.78 is 48.4. The molecule has 0 radical (unpaired) electrons. The first-order chi connectivity index (χ1) is 12.2. The van der Waals surface area contributed by atoms with Crippen molar-refractivity contribution < 1.29 is 27.4 Å². The predicted octanol–water partition coefficient (Wildman–Crippen LogP) is 2.10. The number of urea groups is 1. The number of carbonyl (C=O) groups excluding carboxylic acids is 1. The maximum Gasteiger partial charge on any atom is 0.401 e. The number of alkyl halides is 3. The van der Waals surface area contributed by atoms with Gasteiger partial charge in [-0.05, 0) is 45.7 Å². The second-order valence-electron chi connectivity index (χ2n) is 7.34. The van der Waals surface area contributed by atoms with Gasteiger partial charge in [-0.1, -0.05) is 0 Å². The van der Waals surface area contributed by atoms with Crippen molar-refractivity contribution in [2.24, 2.45) is 5.92 Å². The monoisotopic (exact) mass is 381 g/mol. The molecule has 2 rings (SSSR count). The SMILES string of the molecule is CC(C)OCC1CN(C(=O)NCC2CCN(CC(F)(F)F)CC2)CCO1. The summed E-state index contributed by atoms with van der Waals surface area (Å²) in [6.07, 6.45) is -2.81. The standard InChI is InChI=1S/C17H30F3N3O3/c1-13(2)26-11-15-10-23(7-8-25-15)16(24)21-9-14-3-5-22(6-4-14)12-17(18,19)20/h13-15H,3-12H2,1-2H3,(H,21,24). The first kappa shape index (κ1) is 21.2. The van der Waals surface area contributed by atoms with Crippen LogP contribution in [-0.4, -0.2) is 86.7 Å². The van der Waals surface area contributed by atoms with Crippen LogP contribution in [0.1, 0.15) is 26.7 Å². The van der Waals surface area contributed by atoms with E-state index in [1.165, 1.54) is 4.90 Å². The first-order valence-corrected chi connectivity index (χ1v) is 9.28. The molecule has 0 aromatic heterocycles. The summed E-state index contributed by atoms with van der Waals surface area (Å²) in [5.74, 6) is 0.226. The number of ether oxygens (including phenoxy) is 2. The predicted molar refractivity (Wildman–Crippen MR) is 91.0 cm³/mol. The van der Waals surface area contributed by atoms with Crippen LogP contribution in [0.5, 0.6) is 0 Å². The number of nitrogens with one attached hydrogen (secondary N) is 1. The zero-order valence-electron chi connectivity index (χ0n) is 15.6. The molecule has 0 aromatic rings. The van der Waals surface area contributed by atoms with Crippen LogP contribution in [0.2, 0.25) is 0 Å². The molecule has 2 heterocycles. The largest absolute Gasteiger partial charge is 0.401 e. The van der Waals surface area contributed by atoms with Gasteiger partial charge in [0.15, 0.2) is 0 Å². The number of hydrogen-bond acceptors (Lipinski definition) is 4. The van der Waals surface area contributed by atoms with Gasteiger partial charge in [0.25, 0.3) is 0 Å². The Morgan fingerprint density at radius 1 is 1.27 bits per heavy atom. The zero-order chi connectivity index (χ0) is 19.2. The minimum absolute atomic E-state index is 0.117. The molecule has 2 saturated heterocycles. The van der Waals surface area contributed by atoms with E-state index < -0.39 is 12.7 Å². The number of likely N-dealkylation sites (tertiary alicyclic amines) is 1. The Kier molecular flexibility index (Phi) is 7.97. The van der Waals surface area contributed by atoms with E-state index in [1.54, 1.807) is 4.90 Å². The summed E-state index contributed by atoms with van der Waals surface area (Å²) in [6, 6.07) is -0.138. The molecule has 0 bridgehead atoms. The third-order valence-electron chi connectivity index (χ3n) is 4.69. The van der Waals surface area contributed by atoms with Crippen LogP contribution in [0.25, 0.3) is 0 Å². The van der Waals surface area contributed by atoms with E-state index in [4.69, 9.17) is 9.47 Å². The van der Waals surface area contributed by atoms with Crippen molar-refractivity contribution in [2.75, 3.05) is 52.5 Å². The van der Waals surface area contributed by atoms with Gasteiger partial charge < -0.3 is 19.7 Å². The average molecular weight is 381 g/mol. The number of hydrogen-bond donors (Lipinski definition) is 1. The van der Waals surface area contributed by atoms with Crippen molar-refractivity contribution in [1.82, 2.24) is 15.1 Å². The maximum atomic E-state index is 12.4. The number of halogens is 3. The van der Waals surface area contributed by atoms with Crippen molar-refractivity contribution in [1.29, 1.82) is 0 Å². The molecule has 26 heavy (non-hydrogen) atoms. The molecule has 2 aliphatic rings. The molecule has 9 heteroatoms. The Balaban J connectivity index is 1.65. The normalized spacial score (nSPS) is 23.5. The Bertz CT molecular complexity index is 441. The summed E-state index contributed by atoms with van der Waals surface area (Å²) in [4.78, 5) is 15.5. The summed E-state index contributed by atoms with van der Waals surface area (Å²) in [5, 5.41) is 2.92. The van der Waals surface area contributed by atoms with Crippen molar-refractivity contribution in [3.63, 3.8) is 0 Å². The number of piperidine rings is 1. The number of rotatable bonds is 6. The number of carbonyl (C=O) groups is 1. The molecule has 0 aromatic carbocycles. The van der Waals surface area contributed by atoms with Gasteiger partial charge in [0.1, 0.15) is 0 Å². The van der Waals surface area contributed by atoms with Gasteiger partial charge in [-0.2, -0.15) is 13.2 Å². The molecule has 6 nitrogen and oxygen atoms in total. The molecular weight excluding hydrogens is 351 g/mol. The van der Waals surface area contributed by atoms with Gasteiger partial charge >= 0.3 is 12.2 Å². The lowest BCUT2D eigenvalue weighted by molar-refractivity contribution is -0.148. The second kappa shape index (κ2) is 9.75. The lowest BCUT2D eigenvalue weighted by atomic mass is 9.97. The number of morpholine rings is 1. The Labute approximate surface area is 153 Å². The van der Waals surface area contributed by atoms with E-state index in [-0.39, 0.29) is 24.2 Å². The van der Waals surface area contributed by atoms with Crippen molar-refractivity contribution in [3.05, 3.63) is 0 Å². The fourth-order valence-corrected chi connectivity index (χ4v) is 3.25. The van der Waals surface area contributed by atoms with Gasteiger partial charge in [0.05, 0.1) is 38.5 Å². The highest BCUT2D eigenvalue weighted by Crippen LogP contribution is 2.22. The molecule has 2 aliphatic heterocycles. The van der Waals surface area contributed by atoms with E-state index >= 15 is 0 Å². The Hall–Kier alpha value is -1.06. The minimum atomic E-state index is -4.15. The molecule has 0 aliphatic carbocycles. The Morgan fingerprint density at radius 2 is 1.96 bits per heavy atom. The summed E-state index contributed by atoms with van der Waals surface area (Å²) in [7, 11) is 0. The van der Waals surface area contributed by atoms with Crippen LogP contribution in [0.3, 0.4) is 0 Å². The van der Waals surface area contributed by atoms with Crippen molar-refractivity contribution in [2.45, 2.75) is 45.1 Å². The van der Waals surface area contributed by atoms with Gasteiger partial charge in [0, 0.05) is 13.1 Å². The highest BCUT2D eigenvalue weighted by atomic mass is 19.4. The molecule has 2 amide bonds. The van der Waals surface area contributed by atoms with Crippen LogP contribution in [-0.2, 0) is 9.47 Å². The zero-order valence-corrected chi connectivity index (χ0v) is 15.6. The maximum absolute atomic E-state index is 12.4. The molecule has 1 unspecified atom stereocenters. The minimum Gasteiger partial charge on any atom is -0.376 e. The highest BCUT2D eigenvalue weighted by Gasteiger charge is 2.32. The van der Waals surface area contributed by atoms with E-state index in [9.17, 15) is 18.0 Å². The fraction of sp³-hybridized carbons (Fsp3) is 0.941. The van der Waals surface area contributed by atoms with E-state index in [0.717, 1.165) is 0 Å². The molecule has 0 saturated carbocycles. The van der Waals surface area contributed by atoms with Crippen LogP contribution in [0.15, 0.2) is 0 Å². The average Bonchev–Trinajstić information content (AvgIpc) is 2.58. The van der Waals surface area contributed by atoms with Gasteiger partial charge in [0.2, 0.25) is 0 Å². The van der Waals surface area contributed by atoms with E-state index in [2.05, 4.69) is 5.32 Å². The summed E-state index contributed by atoms with van der Waals surface area (Å²) in [6.45, 7) is 6.37. The molecule has 2 fully saturated rings. The van der Waals surface area contributed by atoms with Crippen LogP contribution < -0.4 is 5.32 Å². The second-order valence-corrected chi connectivity index (χ2v) is 7.34. The molecule has 152 valence electrons. The van der Waals surface area contributed by atoms with Crippen LogP contribution >= 0.6 is 0 Å². The first-order valence-electron chi connectivity index (χ1n) is 9.28. The van der Waals surface area contributed by atoms with Gasteiger partial charge in [-0.3, -0.25) is 4.90 Å². The number of nitrogens with zero attached hydrogens (tertiary/aromatic N) is 2. The van der Waals surface area contributed by atoms with Crippen molar-refractivity contribution in [3.8, 4) is 0 Å². The smallest absolute Gasteiger partial charge is 0.376 e. The molecule has 1 atom stereocenters. The summed E-state index contributed by atoms with van der Waals surface area (Å²) >= 11 is 0. The van der Waals surface area contributed by atoms with Crippen LogP contribution in [0, 0.1) is 5.92 Å². The van der Waals surface area contributed by atoms with E-state index in [0.29, 0.717) is 58.8 Å². The fourth-order valence-electron chi connectivity index (χ4n) is 3.25. The van der Waals surface area contributed by atoms with Gasteiger partial charge in [-0.25, -0.2) is 4.79 Å². The molecule has 0 spiro atoms. The lowest BCUT2D eigenvalue weighted by Crippen LogP contribution is -2.52. The topological polar surface area (TPSA) is 54.0 Å². The van der Waals surface area contributed by atoms with Crippen LogP contribution in [0.4, 0.5) is 18.0 Å². The lowest BCUT2D eigenvalue weighted by Gasteiger charge is -2.35. The third-order valence-corrected chi connectivity index (χ3v) is 4.69. The Morgan fingerprint density at radius 3 is 2.58 bits per heavy atom. The van der Waals surface area contributed by atoms with E-state index in [1.807, 2.05) is 13.8 Å². The molecule has 1 N–H and O–H groups in total. The highest BCUT2D eigenvalue weighted by molar-refractivity contribution is 5.74. The van der Waals surface area contributed by atoms with Crippen molar-refractivity contribution >= 4 is 6.03 Å². The quantitative estimate of drug-likeness (QED) is 0.766. The summed E-state index contributed by atoms with van der Waals surface area (Å²) in [5.41, 5.74) is 0. The van der Waals surface area contributed by atoms with Gasteiger partial charge in [-0.15, -0.1) is 0 Å². The third kappa shape index (κ3) is 7.67.